The summed E-state index contributed by atoms with van der Waals surface area (Å²) >= 11 is 6.08. The second kappa shape index (κ2) is 8.63. The van der Waals surface area contributed by atoms with Gasteiger partial charge >= 0.3 is 6.18 Å². The van der Waals surface area contributed by atoms with Gasteiger partial charge in [-0.1, -0.05) is 41.9 Å². The fraction of sp³-hybridized carbons (Fsp3) is 0.0769. The Bertz CT molecular complexity index is 1590. The van der Waals surface area contributed by atoms with E-state index in [4.69, 9.17) is 20.8 Å². The van der Waals surface area contributed by atoms with Crippen LogP contribution in [0.4, 0.5) is 18.9 Å². The highest BCUT2D eigenvalue weighted by atomic mass is 35.5. The number of methoxy groups -OCH3 is 1. The highest BCUT2D eigenvalue weighted by Crippen LogP contribution is 2.36. The fourth-order valence-corrected chi connectivity index (χ4v) is 3.96. The minimum Gasteiger partial charge on any atom is -0.493 e. The number of para-hydroxylation sites is 2. The Morgan fingerprint density at radius 1 is 1.03 bits per heavy atom. The molecule has 2 aromatic heterocycles. The van der Waals surface area contributed by atoms with Crippen LogP contribution in [0.5, 0.6) is 5.75 Å². The molecule has 35 heavy (non-hydrogen) atoms. The maximum Gasteiger partial charge on any atom is 0.416 e. The number of ether oxygens (including phenoxy) is 1. The van der Waals surface area contributed by atoms with Gasteiger partial charge < -0.3 is 14.5 Å². The van der Waals surface area contributed by atoms with Crippen LogP contribution in [0.15, 0.2) is 77.2 Å². The molecule has 0 fully saturated rings. The Morgan fingerprint density at radius 3 is 2.60 bits per heavy atom. The summed E-state index contributed by atoms with van der Waals surface area (Å²) in [6, 6.07) is 18.5. The van der Waals surface area contributed by atoms with E-state index in [0.29, 0.717) is 33.7 Å². The van der Waals surface area contributed by atoms with Gasteiger partial charge in [0.2, 0.25) is 0 Å². The van der Waals surface area contributed by atoms with Crippen LogP contribution in [0.25, 0.3) is 33.3 Å². The highest BCUT2D eigenvalue weighted by Gasteiger charge is 2.31. The first kappa shape index (κ1) is 22.7. The molecule has 1 N–H and O–H groups in total. The smallest absolute Gasteiger partial charge is 0.416 e. The molecule has 3 aromatic carbocycles. The van der Waals surface area contributed by atoms with E-state index in [1.807, 2.05) is 12.1 Å². The van der Waals surface area contributed by atoms with E-state index < -0.39 is 17.6 Å². The van der Waals surface area contributed by atoms with Crippen molar-refractivity contribution in [3.63, 3.8) is 0 Å². The number of carbonyl (C=O) groups is 1. The van der Waals surface area contributed by atoms with Gasteiger partial charge in [0.1, 0.15) is 5.69 Å². The van der Waals surface area contributed by atoms with Crippen LogP contribution < -0.4 is 10.1 Å². The number of carbonyl (C=O) groups excluding carboxylic acids is 1. The van der Waals surface area contributed by atoms with Gasteiger partial charge in [-0.3, -0.25) is 4.79 Å². The SMILES string of the molecule is COc1cccc2cc(-c3cc(C(=O)Nc4cc(C(F)(F)F)ccc4Cl)c4ccccc4n3)oc12. The predicted molar refractivity (Wildman–Crippen MR) is 128 cm³/mol. The van der Waals surface area contributed by atoms with Crippen LogP contribution in [0.2, 0.25) is 5.02 Å². The van der Waals surface area contributed by atoms with Gasteiger partial charge in [0.05, 0.1) is 34.5 Å². The summed E-state index contributed by atoms with van der Waals surface area (Å²) in [6.45, 7) is 0. The number of alkyl halides is 3. The Hall–Kier alpha value is -4.04. The number of pyridine rings is 1. The van der Waals surface area contributed by atoms with E-state index in [-0.39, 0.29) is 16.3 Å². The van der Waals surface area contributed by atoms with Crippen LogP contribution in [-0.2, 0) is 6.18 Å². The molecule has 0 bridgehead atoms. The third-order valence-corrected chi connectivity index (χ3v) is 5.81. The van der Waals surface area contributed by atoms with Gasteiger partial charge in [-0.25, -0.2) is 4.98 Å². The van der Waals surface area contributed by atoms with Crippen LogP contribution in [0.1, 0.15) is 15.9 Å². The quantitative estimate of drug-likeness (QED) is 0.278. The molecule has 0 aliphatic rings. The standard InChI is InChI=1S/C26H16ClF3N2O3/c1-34-22-8-4-5-14-11-23(35-24(14)22)21-13-17(16-6-2-3-7-19(16)31-21)25(33)32-20-12-15(26(28,29)30)9-10-18(20)27/h2-13H,1H3,(H,32,33). The lowest BCUT2D eigenvalue weighted by Gasteiger charge is -2.13. The van der Waals surface area contributed by atoms with E-state index in [1.165, 1.54) is 13.2 Å². The molecule has 0 aliphatic heterocycles. The number of hydrogen-bond donors (Lipinski definition) is 1. The molecule has 0 aliphatic carbocycles. The number of anilines is 1. The molecule has 5 nitrogen and oxygen atoms in total. The average molecular weight is 497 g/mol. The zero-order valence-electron chi connectivity index (χ0n) is 18.1. The van der Waals surface area contributed by atoms with E-state index in [9.17, 15) is 18.0 Å². The first-order valence-corrected chi connectivity index (χ1v) is 10.8. The van der Waals surface area contributed by atoms with Crippen LogP contribution in [-0.4, -0.2) is 18.0 Å². The predicted octanol–water partition coefficient (Wildman–Crippen LogP) is 7.58. The average Bonchev–Trinajstić information content (AvgIpc) is 3.28. The van der Waals surface area contributed by atoms with Gasteiger partial charge in [-0.15, -0.1) is 0 Å². The van der Waals surface area contributed by atoms with Crippen molar-refractivity contribution in [3.8, 4) is 17.2 Å². The van der Waals surface area contributed by atoms with Crippen LogP contribution in [0.3, 0.4) is 0 Å². The number of benzene rings is 3. The van der Waals surface area contributed by atoms with E-state index in [2.05, 4.69) is 10.3 Å². The lowest BCUT2D eigenvalue weighted by molar-refractivity contribution is -0.137. The van der Waals surface area contributed by atoms with E-state index >= 15 is 0 Å². The summed E-state index contributed by atoms with van der Waals surface area (Å²) in [5, 5.41) is 3.79. The number of furan rings is 1. The molecule has 0 spiro atoms. The summed E-state index contributed by atoms with van der Waals surface area (Å²) in [5.41, 5.74) is 0.546. The molecule has 0 saturated heterocycles. The lowest BCUT2D eigenvalue weighted by atomic mass is 10.1. The number of aromatic nitrogens is 1. The van der Waals surface area contributed by atoms with Crippen LogP contribution in [0, 0.1) is 0 Å². The topological polar surface area (TPSA) is 64.4 Å². The van der Waals surface area contributed by atoms with Crippen molar-refractivity contribution >= 4 is 45.1 Å². The summed E-state index contributed by atoms with van der Waals surface area (Å²) in [5.74, 6) is 0.313. The number of nitrogens with zero attached hydrogens (tertiary/aromatic N) is 1. The van der Waals surface area contributed by atoms with Crippen molar-refractivity contribution in [2.75, 3.05) is 12.4 Å². The number of rotatable bonds is 4. The Morgan fingerprint density at radius 2 is 1.83 bits per heavy atom. The largest absolute Gasteiger partial charge is 0.493 e. The summed E-state index contributed by atoms with van der Waals surface area (Å²) < 4.78 is 50.8. The molecule has 5 aromatic rings. The summed E-state index contributed by atoms with van der Waals surface area (Å²) in [6.07, 6.45) is -4.58. The Labute approximate surface area is 202 Å². The van der Waals surface area contributed by atoms with Gasteiger partial charge in [-0.05, 0) is 42.5 Å². The van der Waals surface area contributed by atoms with Crippen LogP contribution >= 0.6 is 11.6 Å². The van der Waals surface area contributed by atoms with Crippen molar-refractivity contribution in [2.24, 2.45) is 0 Å². The fourth-order valence-electron chi connectivity index (χ4n) is 3.80. The number of fused-ring (bicyclic) bond motifs is 2. The maximum absolute atomic E-state index is 13.3. The van der Waals surface area contributed by atoms with Crippen molar-refractivity contribution in [1.29, 1.82) is 0 Å². The zero-order valence-corrected chi connectivity index (χ0v) is 18.9. The molecule has 1 amide bonds. The number of halogens is 4. The first-order chi connectivity index (χ1) is 16.7. The third-order valence-electron chi connectivity index (χ3n) is 5.48. The van der Waals surface area contributed by atoms with Gasteiger partial charge in [0, 0.05) is 10.8 Å². The second-order valence-corrected chi connectivity index (χ2v) is 8.12. The third kappa shape index (κ3) is 4.28. The number of nitrogens with one attached hydrogen (secondary N) is 1. The van der Waals surface area contributed by atoms with Crippen molar-refractivity contribution < 1.29 is 27.1 Å². The van der Waals surface area contributed by atoms with E-state index in [0.717, 1.165) is 23.6 Å². The maximum atomic E-state index is 13.3. The van der Waals surface area contributed by atoms with Crippen molar-refractivity contribution in [3.05, 3.63) is 88.9 Å². The molecule has 0 unspecified atom stereocenters. The molecule has 0 radical (unpaired) electrons. The molecule has 176 valence electrons. The minimum absolute atomic E-state index is 0.0192. The number of hydrogen-bond acceptors (Lipinski definition) is 4. The van der Waals surface area contributed by atoms with Crippen molar-refractivity contribution in [2.45, 2.75) is 6.18 Å². The number of amides is 1. The molecule has 0 saturated carbocycles. The molecule has 9 heteroatoms. The minimum atomic E-state index is -4.58. The molecular formula is C26H16ClF3N2O3. The second-order valence-electron chi connectivity index (χ2n) is 7.71. The Kier molecular flexibility index (Phi) is 5.61. The Balaban J connectivity index is 1.60. The van der Waals surface area contributed by atoms with Crippen molar-refractivity contribution in [1.82, 2.24) is 4.98 Å². The van der Waals surface area contributed by atoms with Gasteiger partial charge in [-0.2, -0.15) is 13.2 Å². The lowest BCUT2D eigenvalue weighted by Crippen LogP contribution is -2.14. The molecule has 2 heterocycles. The highest BCUT2D eigenvalue weighted by molar-refractivity contribution is 6.34. The summed E-state index contributed by atoms with van der Waals surface area (Å²) in [4.78, 5) is 17.9. The van der Waals surface area contributed by atoms with Gasteiger partial charge in [0.25, 0.3) is 5.91 Å². The van der Waals surface area contributed by atoms with Gasteiger partial charge in [0.15, 0.2) is 17.1 Å². The molecule has 0 atom stereocenters. The zero-order chi connectivity index (χ0) is 24.7. The first-order valence-electron chi connectivity index (χ1n) is 10.4. The summed E-state index contributed by atoms with van der Waals surface area (Å²) in [7, 11) is 1.53. The molecule has 5 rings (SSSR count). The van der Waals surface area contributed by atoms with E-state index in [1.54, 1.807) is 36.4 Å². The molecular weight excluding hydrogens is 481 g/mol. The monoisotopic (exact) mass is 496 g/mol. The normalized spacial score (nSPS) is 11.7.